The van der Waals surface area contributed by atoms with Crippen molar-refractivity contribution in [2.75, 3.05) is 11.9 Å². The van der Waals surface area contributed by atoms with Crippen molar-refractivity contribution in [2.24, 2.45) is 11.8 Å². The number of amides is 3. The van der Waals surface area contributed by atoms with Gasteiger partial charge in [-0.15, -0.1) is 23.2 Å². The molecule has 3 amide bonds. The molecule has 0 saturated carbocycles. The van der Waals surface area contributed by atoms with Gasteiger partial charge in [-0.1, -0.05) is 48.5 Å². The van der Waals surface area contributed by atoms with Gasteiger partial charge in [0.2, 0.25) is 17.7 Å². The summed E-state index contributed by atoms with van der Waals surface area (Å²) in [6.07, 6.45) is -0.154. The predicted octanol–water partition coefficient (Wildman–Crippen LogP) is 4.52. The van der Waals surface area contributed by atoms with Crippen LogP contribution in [-0.4, -0.2) is 34.1 Å². The van der Waals surface area contributed by atoms with E-state index in [-0.39, 0.29) is 18.7 Å². The molecule has 3 aliphatic carbocycles. The quantitative estimate of drug-likeness (QED) is 0.223. The standard InChI is InChI=1S/C27H19Cl2N3O5/c28-26-17-5-1-2-6-18(17)27(29,20-8-4-3-7-19(20)26)23-22(26)24(34)31(25(23)35)14-13-21(33)30-15-9-11-16(12-10-15)32(36)37/h1-12,22-23H,13-14H2,(H,30,33)/t22-,23-,26?,27?/m0/s1. The van der Waals surface area contributed by atoms with E-state index in [1.54, 1.807) is 0 Å². The summed E-state index contributed by atoms with van der Waals surface area (Å²) in [5.74, 6) is -3.19. The Hall–Kier alpha value is -3.75. The first-order chi connectivity index (χ1) is 17.7. The number of nitrogens with one attached hydrogen (secondary N) is 1. The number of nitro benzene ring substituents is 1. The lowest BCUT2D eigenvalue weighted by Crippen LogP contribution is -2.57. The molecule has 1 heterocycles. The molecule has 7 rings (SSSR count). The molecule has 1 N–H and O–H groups in total. The number of imide groups is 1. The fourth-order valence-electron chi connectivity index (χ4n) is 6.05. The van der Waals surface area contributed by atoms with Crippen molar-refractivity contribution in [2.45, 2.75) is 16.2 Å². The van der Waals surface area contributed by atoms with Crippen LogP contribution in [0.5, 0.6) is 0 Å². The molecule has 186 valence electrons. The van der Waals surface area contributed by atoms with Crippen molar-refractivity contribution in [1.29, 1.82) is 0 Å². The number of alkyl halides is 2. The molecule has 2 bridgehead atoms. The first kappa shape index (κ1) is 23.6. The summed E-state index contributed by atoms with van der Waals surface area (Å²) in [5, 5.41) is 13.5. The van der Waals surface area contributed by atoms with Gasteiger partial charge < -0.3 is 5.32 Å². The van der Waals surface area contributed by atoms with E-state index in [0.29, 0.717) is 27.9 Å². The van der Waals surface area contributed by atoms with E-state index < -0.39 is 44.2 Å². The largest absolute Gasteiger partial charge is 0.326 e. The Morgan fingerprint density at radius 1 is 0.838 bits per heavy atom. The van der Waals surface area contributed by atoms with Crippen molar-refractivity contribution in [3.8, 4) is 0 Å². The normalized spacial score (nSPS) is 26.9. The lowest BCUT2D eigenvalue weighted by molar-refractivity contribution is -0.384. The van der Waals surface area contributed by atoms with Crippen LogP contribution in [0, 0.1) is 22.0 Å². The van der Waals surface area contributed by atoms with E-state index in [2.05, 4.69) is 5.32 Å². The topological polar surface area (TPSA) is 110 Å². The Kier molecular flexibility index (Phi) is 5.19. The molecule has 1 aliphatic heterocycles. The summed E-state index contributed by atoms with van der Waals surface area (Å²) in [5.41, 5.74) is 3.12. The lowest BCUT2D eigenvalue weighted by Gasteiger charge is -2.54. The number of hydrogen-bond acceptors (Lipinski definition) is 5. The van der Waals surface area contributed by atoms with E-state index in [1.165, 1.54) is 24.3 Å². The molecule has 3 aromatic rings. The van der Waals surface area contributed by atoms with Crippen LogP contribution in [0.4, 0.5) is 11.4 Å². The van der Waals surface area contributed by atoms with Crippen LogP contribution in [0.25, 0.3) is 0 Å². The minimum Gasteiger partial charge on any atom is -0.326 e. The number of nitro groups is 1. The zero-order valence-corrected chi connectivity index (χ0v) is 20.7. The number of carbonyl (C=O) groups is 3. The van der Waals surface area contributed by atoms with Gasteiger partial charge in [0.1, 0.15) is 9.75 Å². The minimum absolute atomic E-state index is 0.101. The van der Waals surface area contributed by atoms with Gasteiger partial charge in [0.05, 0.1) is 16.8 Å². The fraction of sp³-hybridized carbons (Fsp3) is 0.222. The zero-order valence-electron chi connectivity index (χ0n) is 19.2. The van der Waals surface area contributed by atoms with Crippen molar-refractivity contribution < 1.29 is 19.3 Å². The van der Waals surface area contributed by atoms with Crippen LogP contribution in [0.1, 0.15) is 28.7 Å². The highest BCUT2D eigenvalue weighted by Gasteiger charge is 2.72. The third kappa shape index (κ3) is 3.12. The summed E-state index contributed by atoms with van der Waals surface area (Å²) < 4.78 is 0. The SMILES string of the molecule is O=C(CCN1C(=O)[C@@H]2[C@@H](C1=O)C1(Cl)c3ccccc3C2(Cl)c2ccccc21)Nc1ccc([N+](=O)[O-])cc1. The smallest absolute Gasteiger partial charge is 0.269 e. The molecular formula is C27H19Cl2N3O5. The number of benzene rings is 3. The van der Waals surface area contributed by atoms with Crippen LogP contribution in [0.3, 0.4) is 0 Å². The summed E-state index contributed by atoms with van der Waals surface area (Å²) in [7, 11) is 0. The maximum absolute atomic E-state index is 13.7. The van der Waals surface area contributed by atoms with E-state index in [0.717, 1.165) is 4.90 Å². The third-order valence-corrected chi connectivity index (χ3v) is 8.89. The molecule has 37 heavy (non-hydrogen) atoms. The highest BCUT2D eigenvalue weighted by molar-refractivity contribution is 6.36. The highest BCUT2D eigenvalue weighted by Crippen LogP contribution is 2.69. The van der Waals surface area contributed by atoms with Gasteiger partial charge in [0.15, 0.2) is 0 Å². The lowest BCUT2D eigenvalue weighted by atomic mass is 9.54. The van der Waals surface area contributed by atoms with E-state index in [9.17, 15) is 24.5 Å². The van der Waals surface area contributed by atoms with Gasteiger partial charge in [0, 0.05) is 30.8 Å². The molecular weight excluding hydrogens is 517 g/mol. The first-order valence-corrected chi connectivity index (χ1v) is 12.4. The highest BCUT2D eigenvalue weighted by atomic mass is 35.5. The second-order valence-electron chi connectivity index (χ2n) is 9.40. The van der Waals surface area contributed by atoms with E-state index >= 15 is 0 Å². The van der Waals surface area contributed by atoms with E-state index in [1.807, 2.05) is 48.5 Å². The maximum atomic E-state index is 13.7. The van der Waals surface area contributed by atoms with Crippen LogP contribution in [-0.2, 0) is 24.1 Å². The fourth-order valence-corrected chi connectivity index (χ4v) is 7.15. The van der Waals surface area contributed by atoms with Gasteiger partial charge in [-0.25, -0.2) is 0 Å². The third-order valence-electron chi connectivity index (χ3n) is 7.60. The number of rotatable bonds is 5. The summed E-state index contributed by atoms with van der Waals surface area (Å²) in [6.45, 7) is -0.143. The van der Waals surface area contributed by atoms with Gasteiger partial charge in [-0.3, -0.25) is 29.4 Å². The first-order valence-electron chi connectivity index (χ1n) is 11.7. The molecule has 8 nitrogen and oxygen atoms in total. The molecule has 0 radical (unpaired) electrons. The number of anilines is 1. The van der Waals surface area contributed by atoms with Gasteiger partial charge in [0.25, 0.3) is 5.69 Å². The molecule has 0 spiro atoms. The van der Waals surface area contributed by atoms with Gasteiger partial charge in [-0.05, 0) is 34.4 Å². The minimum atomic E-state index is -1.27. The van der Waals surface area contributed by atoms with Crippen molar-refractivity contribution in [3.05, 3.63) is 105 Å². The molecule has 3 aromatic carbocycles. The second-order valence-corrected chi connectivity index (χ2v) is 10.6. The zero-order chi connectivity index (χ0) is 26.1. The average molecular weight is 536 g/mol. The molecule has 0 aromatic heterocycles. The number of halogens is 2. The number of nitrogens with zero attached hydrogens (tertiary/aromatic N) is 2. The molecule has 10 heteroatoms. The molecule has 4 aliphatic rings. The van der Waals surface area contributed by atoms with Crippen LogP contribution in [0.2, 0.25) is 0 Å². The Morgan fingerprint density at radius 2 is 1.27 bits per heavy atom. The molecule has 1 saturated heterocycles. The Morgan fingerprint density at radius 3 is 1.68 bits per heavy atom. The number of hydrogen-bond donors (Lipinski definition) is 1. The van der Waals surface area contributed by atoms with Crippen molar-refractivity contribution >= 4 is 52.3 Å². The molecule has 0 unspecified atom stereocenters. The maximum Gasteiger partial charge on any atom is 0.269 e. The number of likely N-dealkylation sites (tertiary alicyclic amines) is 1. The van der Waals surface area contributed by atoms with Gasteiger partial charge >= 0.3 is 0 Å². The Labute approximate surface area is 221 Å². The van der Waals surface area contributed by atoms with Crippen molar-refractivity contribution in [1.82, 2.24) is 4.90 Å². The molecule has 2 atom stereocenters. The van der Waals surface area contributed by atoms with Crippen LogP contribution in [0.15, 0.2) is 72.8 Å². The summed E-state index contributed by atoms with van der Waals surface area (Å²) in [6, 6.07) is 20.1. The van der Waals surface area contributed by atoms with Crippen LogP contribution >= 0.6 is 23.2 Å². The predicted molar refractivity (Wildman–Crippen MR) is 136 cm³/mol. The Bertz CT molecular complexity index is 1380. The van der Waals surface area contributed by atoms with Crippen LogP contribution < -0.4 is 5.32 Å². The van der Waals surface area contributed by atoms with E-state index in [4.69, 9.17) is 23.2 Å². The Balaban J connectivity index is 1.29. The monoisotopic (exact) mass is 535 g/mol. The van der Waals surface area contributed by atoms with Crippen molar-refractivity contribution in [3.63, 3.8) is 0 Å². The number of non-ortho nitro benzene ring substituents is 1. The number of carbonyl (C=O) groups excluding carboxylic acids is 3. The summed E-state index contributed by atoms with van der Waals surface area (Å²) in [4.78, 5) is 48.9. The van der Waals surface area contributed by atoms with Gasteiger partial charge in [-0.2, -0.15) is 0 Å². The summed E-state index contributed by atoms with van der Waals surface area (Å²) >= 11 is 14.7. The second kappa shape index (κ2) is 8.13. The average Bonchev–Trinajstić information content (AvgIpc) is 3.16. The molecule has 1 fully saturated rings.